The highest BCUT2D eigenvalue weighted by Gasteiger charge is 2.22. The number of carbonyl (C=O) groups is 1. The number of nitrogens with two attached hydrogens (primary N) is 1. The third kappa shape index (κ3) is 3.35. The average Bonchev–Trinajstić information content (AvgIpc) is 3.05. The zero-order valence-corrected chi connectivity index (χ0v) is 16.4. The van der Waals surface area contributed by atoms with Crippen LogP contribution in [-0.2, 0) is 17.1 Å². The number of nitrogens with zero attached hydrogens (tertiary/aromatic N) is 4. The Kier molecular flexibility index (Phi) is 4.66. The molecule has 0 saturated heterocycles. The monoisotopic (exact) mass is 426 g/mol. The number of ketones is 1. The Labute approximate surface area is 170 Å². The molecule has 0 aliphatic rings. The number of nitrogens with one attached hydrogen (secondary N) is 1. The molecular weight excluding hydrogens is 411 g/mol. The van der Waals surface area contributed by atoms with Crippen molar-refractivity contribution in [1.29, 1.82) is 0 Å². The number of hydrogen-bond acceptors (Lipinski definition) is 7. The Morgan fingerprint density at radius 3 is 2.73 bits per heavy atom. The summed E-state index contributed by atoms with van der Waals surface area (Å²) in [6.07, 6.45) is 5.37. The molecule has 4 aromatic rings. The number of aromatic nitrogens is 4. The number of anilines is 2. The van der Waals surface area contributed by atoms with Crippen molar-refractivity contribution in [3.8, 4) is 0 Å². The van der Waals surface area contributed by atoms with Gasteiger partial charge in [0.1, 0.15) is 28.5 Å². The summed E-state index contributed by atoms with van der Waals surface area (Å²) in [5.41, 5.74) is 6.77. The van der Waals surface area contributed by atoms with E-state index in [0.29, 0.717) is 11.0 Å². The van der Waals surface area contributed by atoms with Crippen molar-refractivity contribution in [2.75, 3.05) is 10.5 Å². The number of pyridine rings is 1. The molecule has 4 rings (SSSR count). The van der Waals surface area contributed by atoms with Crippen LogP contribution in [0.3, 0.4) is 0 Å². The molecule has 0 atom stereocenters. The zero-order valence-electron chi connectivity index (χ0n) is 15.6. The molecule has 0 aliphatic carbocycles. The van der Waals surface area contributed by atoms with E-state index in [4.69, 9.17) is 5.73 Å². The maximum Gasteiger partial charge on any atom is 0.264 e. The highest BCUT2D eigenvalue weighted by atomic mass is 32.2. The van der Waals surface area contributed by atoms with Gasteiger partial charge in [-0.3, -0.25) is 14.5 Å². The minimum absolute atomic E-state index is 0.00793. The van der Waals surface area contributed by atoms with E-state index in [1.54, 1.807) is 17.8 Å². The molecule has 3 heterocycles. The summed E-state index contributed by atoms with van der Waals surface area (Å²) in [7, 11) is -2.50. The largest absolute Gasteiger partial charge is 0.383 e. The predicted molar refractivity (Wildman–Crippen MR) is 108 cm³/mol. The summed E-state index contributed by atoms with van der Waals surface area (Å²) in [5, 5.41) is 0.391. The molecule has 3 N–H and O–H groups in total. The van der Waals surface area contributed by atoms with Crippen LogP contribution in [0.25, 0.3) is 11.0 Å². The number of nitrogen functional groups attached to an aromatic ring is 1. The van der Waals surface area contributed by atoms with Gasteiger partial charge in [0.2, 0.25) is 0 Å². The first-order valence-corrected chi connectivity index (χ1v) is 10.1. The van der Waals surface area contributed by atoms with Gasteiger partial charge in [-0.2, -0.15) is 0 Å². The molecule has 0 amide bonds. The summed E-state index contributed by atoms with van der Waals surface area (Å²) >= 11 is 0. The molecule has 152 valence electrons. The molecule has 3 aromatic heterocycles. The van der Waals surface area contributed by atoms with E-state index < -0.39 is 26.5 Å². The molecular formula is C19H15FN6O3S. The van der Waals surface area contributed by atoms with Crippen molar-refractivity contribution in [2.24, 2.45) is 7.05 Å². The number of halogens is 1. The van der Waals surface area contributed by atoms with Gasteiger partial charge in [0.25, 0.3) is 10.0 Å². The van der Waals surface area contributed by atoms with Crippen LogP contribution in [-0.4, -0.2) is 33.7 Å². The number of carbonyl (C=O) groups excluding carboxylic acids is 1. The van der Waals surface area contributed by atoms with Crippen molar-refractivity contribution < 1.29 is 17.6 Å². The number of aryl methyl sites for hydroxylation is 1. The van der Waals surface area contributed by atoms with E-state index in [9.17, 15) is 17.6 Å². The summed E-state index contributed by atoms with van der Waals surface area (Å²) < 4.78 is 42.8. The predicted octanol–water partition coefficient (Wildman–Crippen LogP) is 2.12. The average molecular weight is 426 g/mol. The molecule has 0 radical (unpaired) electrons. The van der Waals surface area contributed by atoms with Gasteiger partial charge in [-0.05, 0) is 18.2 Å². The van der Waals surface area contributed by atoms with Crippen LogP contribution in [0.4, 0.5) is 15.9 Å². The van der Waals surface area contributed by atoms with Gasteiger partial charge in [0.15, 0.2) is 5.78 Å². The van der Waals surface area contributed by atoms with E-state index in [0.717, 1.165) is 12.1 Å². The van der Waals surface area contributed by atoms with Crippen molar-refractivity contribution in [1.82, 2.24) is 19.5 Å². The standard InChI is InChI=1S/C19H15FN6O3S/c1-26-9-13(16-18(21)23-10-24-19(16)26)17(27)11-6-12(8-22-7-11)25-30(28,29)15-5-3-2-4-14(15)20/h2-10,25H,1H3,(H2,21,23,24). The normalized spacial score (nSPS) is 11.5. The topological polar surface area (TPSA) is 133 Å². The third-order valence-electron chi connectivity index (χ3n) is 4.41. The van der Waals surface area contributed by atoms with E-state index in [1.807, 2.05) is 0 Å². The van der Waals surface area contributed by atoms with E-state index in [2.05, 4.69) is 19.7 Å². The van der Waals surface area contributed by atoms with Crippen LogP contribution in [0, 0.1) is 5.82 Å². The minimum Gasteiger partial charge on any atom is -0.383 e. The van der Waals surface area contributed by atoms with Crippen LogP contribution in [0.1, 0.15) is 15.9 Å². The van der Waals surface area contributed by atoms with Crippen LogP contribution in [0.15, 0.2) is 60.1 Å². The van der Waals surface area contributed by atoms with Crippen LogP contribution >= 0.6 is 0 Å². The van der Waals surface area contributed by atoms with Gasteiger partial charge in [0.05, 0.1) is 22.8 Å². The van der Waals surface area contributed by atoms with Crippen molar-refractivity contribution >= 4 is 38.3 Å². The second-order valence-electron chi connectivity index (χ2n) is 6.44. The highest BCUT2D eigenvalue weighted by molar-refractivity contribution is 7.92. The summed E-state index contributed by atoms with van der Waals surface area (Å²) in [6, 6.07) is 6.28. The lowest BCUT2D eigenvalue weighted by atomic mass is 10.1. The van der Waals surface area contributed by atoms with Crippen LogP contribution in [0.2, 0.25) is 0 Å². The summed E-state index contributed by atoms with van der Waals surface area (Å²) in [4.78, 5) is 24.5. The number of benzene rings is 1. The van der Waals surface area contributed by atoms with Crippen molar-refractivity contribution in [2.45, 2.75) is 4.90 Å². The van der Waals surface area contributed by atoms with Crippen molar-refractivity contribution in [3.63, 3.8) is 0 Å². The van der Waals surface area contributed by atoms with Gasteiger partial charge in [-0.15, -0.1) is 0 Å². The Morgan fingerprint density at radius 2 is 1.97 bits per heavy atom. The van der Waals surface area contributed by atoms with Crippen LogP contribution < -0.4 is 10.5 Å². The molecule has 0 unspecified atom stereocenters. The molecule has 9 nitrogen and oxygen atoms in total. The summed E-state index contributed by atoms with van der Waals surface area (Å²) in [5.74, 6) is -1.19. The van der Waals surface area contributed by atoms with E-state index in [-0.39, 0.29) is 22.6 Å². The summed E-state index contributed by atoms with van der Waals surface area (Å²) in [6.45, 7) is 0. The molecule has 0 fully saturated rings. The maximum absolute atomic E-state index is 13.9. The quantitative estimate of drug-likeness (QED) is 0.467. The fourth-order valence-electron chi connectivity index (χ4n) is 3.05. The second-order valence-corrected chi connectivity index (χ2v) is 8.09. The second kappa shape index (κ2) is 7.19. The Morgan fingerprint density at radius 1 is 1.20 bits per heavy atom. The molecule has 11 heteroatoms. The lowest BCUT2D eigenvalue weighted by molar-refractivity contribution is 0.103. The third-order valence-corrected chi connectivity index (χ3v) is 5.82. The van der Waals surface area contributed by atoms with Gasteiger partial charge < -0.3 is 10.3 Å². The first-order valence-electron chi connectivity index (χ1n) is 8.60. The minimum atomic E-state index is -4.21. The Hall–Kier alpha value is -3.86. The van der Waals surface area contributed by atoms with Gasteiger partial charge in [-0.1, -0.05) is 12.1 Å². The fourth-order valence-corrected chi connectivity index (χ4v) is 4.17. The van der Waals surface area contributed by atoms with Gasteiger partial charge >= 0.3 is 0 Å². The number of fused-ring (bicyclic) bond motifs is 1. The first-order chi connectivity index (χ1) is 14.3. The lowest BCUT2D eigenvalue weighted by Crippen LogP contribution is -2.15. The molecule has 1 aromatic carbocycles. The first kappa shape index (κ1) is 19.5. The number of hydrogen-bond donors (Lipinski definition) is 2. The number of sulfonamides is 1. The van der Waals surface area contributed by atoms with E-state index >= 15 is 0 Å². The Balaban J connectivity index is 1.71. The van der Waals surface area contributed by atoms with E-state index in [1.165, 1.54) is 36.9 Å². The fraction of sp³-hybridized carbons (Fsp3) is 0.0526. The SMILES string of the molecule is Cn1cc(C(=O)c2cncc(NS(=O)(=O)c3ccccc3F)c2)c2c(N)ncnc21. The molecule has 30 heavy (non-hydrogen) atoms. The zero-order chi connectivity index (χ0) is 21.5. The van der Waals surface area contributed by atoms with Gasteiger partial charge in [-0.25, -0.2) is 22.8 Å². The van der Waals surface area contributed by atoms with Gasteiger partial charge in [0, 0.05) is 25.0 Å². The number of rotatable bonds is 5. The molecule has 0 saturated carbocycles. The molecule has 0 bridgehead atoms. The Bertz CT molecular complexity index is 1400. The molecule has 0 spiro atoms. The maximum atomic E-state index is 13.9. The van der Waals surface area contributed by atoms with Crippen LogP contribution in [0.5, 0.6) is 0 Å². The highest BCUT2D eigenvalue weighted by Crippen LogP contribution is 2.26. The van der Waals surface area contributed by atoms with Crippen molar-refractivity contribution in [3.05, 3.63) is 72.2 Å². The molecule has 0 aliphatic heterocycles. The lowest BCUT2D eigenvalue weighted by Gasteiger charge is -2.09. The smallest absolute Gasteiger partial charge is 0.264 e.